The Hall–Kier alpha value is -1.45. The molecule has 0 atom stereocenters. The van der Waals surface area contributed by atoms with Gasteiger partial charge >= 0.3 is 0 Å². The standard InChI is InChI=1S/C10H5Br2ClN4O3/c11-5-1-4(17(18)19)2-6(12)8(5)20-10-7(13)9(14)15-3-16-10/h1-3H,(H2,14,15,16). The zero-order valence-electron chi connectivity index (χ0n) is 9.51. The van der Waals surface area contributed by atoms with Crippen LogP contribution in [0.2, 0.25) is 5.02 Å². The molecular formula is C10H5Br2ClN4O3. The van der Waals surface area contributed by atoms with Crippen molar-refractivity contribution in [3.8, 4) is 11.6 Å². The van der Waals surface area contributed by atoms with Crippen molar-refractivity contribution in [2.45, 2.75) is 0 Å². The van der Waals surface area contributed by atoms with Crippen LogP contribution in [0, 0.1) is 10.1 Å². The van der Waals surface area contributed by atoms with Gasteiger partial charge in [0.25, 0.3) is 5.69 Å². The Labute approximate surface area is 134 Å². The number of rotatable bonds is 3. The minimum atomic E-state index is -0.519. The second kappa shape index (κ2) is 5.90. The normalized spacial score (nSPS) is 10.3. The molecule has 0 unspecified atom stereocenters. The summed E-state index contributed by atoms with van der Waals surface area (Å²) in [6.07, 6.45) is 1.20. The quantitative estimate of drug-likeness (QED) is 0.591. The molecule has 0 aliphatic carbocycles. The predicted molar refractivity (Wildman–Crippen MR) is 80.0 cm³/mol. The fraction of sp³-hybridized carbons (Fsp3) is 0. The number of nitrogens with zero attached hydrogens (tertiary/aromatic N) is 3. The van der Waals surface area contributed by atoms with Gasteiger partial charge in [0.05, 0.1) is 13.9 Å². The third kappa shape index (κ3) is 3.00. The van der Waals surface area contributed by atoms with E-state index in [1.807, 2.05) is 0 Å². The minimum Gasteiger partial charge on any atom is -0.435 e. The number of anilines is 1. The summed E-state index contributed by atoms with van der Waals surface area (Å²) >= 11 is 12.3. The van der Waals surface area contributed by atoms with Crippen LogP contribution in [0.3, 0.4) is 0 Å². The van der Waals surface area contributed by atoms with Crippen LogP contribution in [0.15, 0.2) is 27.4 Å². The molecular weight excluding hydrogens is 419 g/mol. The van der Waals surface area contributed by atoms with Crippen LogP contribution in [0.25, 0.3) is 0 Å². The number of hydrogen-bond donors (Lipinski definition) is 1. The molecule has 0 aliphatic heterocycles. The van der Waals surface area contributed by atoms with Crippen LogP contribution >= 0.6 is 43.5 Å². The molecule has 0 radical (unpaired) electrons. The second-order valence-electron chi connectivity index (χ2n) is 3.48. The molecule has 2 rings (SSSR count). The van der Waals surface area contributed by atoms with Crippen molar-refractivity contribution < 1.29 is 9.66 Å². The smallest absolute Gasteiger partial charge is 0.271 e. The number of aromatic nitrogens is 2. The molecule has 0 aliphatic rings. The van der Waals surface area contributed by atoms with Crippen molar-refractivity contribution in [3.05, 3.63) is 42.5 Å². The van der Waals surface area contributed by atoms with E-state index >= 15 is 0 Å². The first-order chi connectivity index (χ1) is 9.40. The van der Waals surface area contributed by atoms with Gasteiger partial charge in [-0.2, -0.15) is 4.98 Å². The monoisotopic (exact) mass is 422 g/mol. The van der Waals surface area contributed by atoms with Crippen LogP contribution in [0.5, 0.6) is 11.6 Å². The van der Waals surface area contributed by atoms with Gasteiger partial charge in [-0.15, -0.1) is 0 Å². The predicted octanol–water partition coefficient (Wildman–Crippen LogP) is 3.94. The first-order valence-electron chi connectivity index (χ1n) is 4.97. The fourth-order valence-corrected chi connectivity index (χ4v) is 2.74. The number of ether oxygens (including phenoxy) is 1. The average molecular weight is 424 g/mol. The molecule has 10 heteroatoms. The molecule has 0 fully saturated rings. The molecule has 0 saturated heterocycles. The number of hydrogen-bond acceptors (Lipinski definition) is 6. The molecule has 7 nitrogen and oxygen atoms in total. The lowest BCUT2D eigenvalue weighted by Gasteiger charge is -2.10. The lowest BCUT2D eigenvalue weighted by atomic mass is 10.3. The number of nitro groups is 1. The highest BCUT2D eigenvalue weighted by Gasteiger charge is 2.18. The van der Waals surface area contributed by atoms with Gasteiger partial charge in [-0.05, 0) is 31.9 Å². The molecule has 2 aromatic rings. The summed E-state index contributed by atoms with van der Waals surface area (Å²) in [5, 5.41) is 10.8. The van der Waals surface area contributed by atoms with Crippen molar-refractivity contribution in [2.75, 3.05) is 5.73 Å². The maximum absolute atomic E-state index is 10.7. The Balaban J connectivity index is 2.44. The number of halogens is 3. The molecule has 0 bridgehead atoms. The molecule has 2 N–H and O–H groups in total. The summed E-state index contributed by atoms with van der Waals surface area (Å²) in [4.78, 5) is 17.8. The zero-order valence-corrected chi connectivity index (χ0v) is 13.4. The SMILES string of the molecule is Nc1ncnc(Oc2c(Br)cc([N+](=O)[O-])cc2Br)c1Cl. The highest BCUT2D eigenvalue weighted by atomic mass is 79.9. The van der Waals surface area contributed by atoms with Gasteiger partial charge < -0.3 is 10.5 Å². The van der Waals surface area contributed by atoms with E-state index in [0.717, 1.165) is 0 Å². The van der Waals surface area contributed by atoms with Gasteiger partial charge in [-0.3, -0.25) is 10.1 Å². The molecule has 0 spiro atoms. The molecule has 1 aromatic heterocycles. The lowest BCUT2D eigenvalue weighted by molar-refractivity contribution is -0.385. The van der Waals surface area contributed by atoms with Crippen LogP contribution in [-0.2, 0) is 0 Å². The van der Waals surface area contributed by atoms with Gasteiger partial charge in [-0.25, -0.2) is 4.98 Å². The Morgan fingerprint density at radius 1 is 1.30 bits per heavy atom. The van der Waals surface area contributed by atoms with Crippen LogP contribution in [0.1, 0.15) is 0 Å². The van der Waals surface area contributed by atoms with E-state index in [-0.39, 0.29) is 28.2 Å². The molecule has 20 heavy (non-hydrogen) atoms. The summed E-state index contributed by atoms with van der Waals surface area (Å²) in [5.74, 6) is 0.413. The Morgan fingerprint density at radius 2 is 1.90 bits per heavy atom. The van der Waals surface area contributed by atoms with Crippen LogP contribution in [0.4, 0.5) is 11.5 Å². The number of nitro benzene ring substituents is 1. The fourth-order valence-electron chi connectivity index (χ4n) is 1.28. The third-order valence-electron chi connectivity index (χ3n) is 2.18. The maximum Gasteiger partial charge on any atom is 0.271 e. The van der Waals surface area contributed by atoms with Crippen LogP contribution < -0.4 is 10.5 Å². The highest BCUT2D eigenvalue weighted by Crippen LogP contribution is 2.41. The molecule has 0 amide bonds. The maximum atomic E-state index is 10.7. The first kappa shape index (κ1) is 14.9. The number of benzene rings is 1. The Bertz CT molecular complexity index is 675. The lowest BCUT2D eigenvalue weighted by Crippen LogP contribution is -1.98. The van der Waals surface area contributed by atoms with E-state index in [0.29, 0.717) is 8.95 Å². The summed E-state index contributed by atoms with van der Waals surface area (Å²) in [7, 11) is 0. The van der Waals surface area contributed by atoms with E-state index in [1.165, 1.54) is 18.5 Å². The topological polar surface area (TPSA) is 104 Å². The number of nitrogens with two attached hydrogens (primary N) is 1. The largest absolute Gasteiger partial charge is 0.435 e. The van der Waals surface area contributed by atoms with Gasteiger partial charge in [0, 0.05) is 12.1 Å². The molecule has 104 valence electrons. The number of nitrogen functional groups attached to an aromatic ring is 1. The summed E-state index contributed by atoms with van der Waals surface area (Å²) in [5.41, 5.74) is 5.45. The van der Waals surface area contributed by atoms with Crippen molar-refractivity contribution in [1.82, 2.24) is 9.97 Å². The van der Waals surface area contributed by atoms with Gasteiger partial charge in [-0.1, -0.05) is 11.6 Å². The van der Waals surface area contributed by atoms with E-state index in [4.69, 9.17) is 22.1 Å². The van der Waals surface area contributed by atoms with Gasteiger partial charge in [0.2, 0.25) is 5.88 Å². The van der Waals surface area contributed by atoms with Gasteiger partial charge in [0.15, 0.2) is 5.75 Å². The zero-order chi connectivity index (χ0) is 14.9. The van der Waals surface area contributed by atoms with E-state index in [1.54, 1.807) is 0 Å². The second-order valence-corrected chi connectivity index (χ2v) is 5.56. The Morgan fingerprint density at radius 3 is 2.45 bits per heavy atom. The molecule has 1 aromatic carbocycles. The molecule has 1 heterocycles. The van der Waals surface area contributed by atoms with E-state index in [9.17, 15) is 10.1 Å². The van der Waals surface area contributed by atoms with E-state index < -0.39 is 4.92 Å². The van der Waals surface area contributed by atoms with Gasteiger partial charge in [0.1, 0.15) is 17.2 Å². The Kier molecular flexibility index (Phi) is 4.41. The first-order valence-corrected chi connectivity index (χ1v) is 6.93. The summed E-state index contributed by atoms with van der Waals surface area (Å²) in [6, 6.07) is 2.61. The van der Waals surface area contributed by atoms with E-state index in [2.05, 4.69) is 41.8 Å². The molecule has 0 saturated carbocycles. The summed E-state index contributed by atoms with van der Waals surface area (Å²) in [6.45, 7) is 0. The van der Waals surface area contributed by atoms with Crippen LogP contribution in [-0.4, -0.2) is 14.9 Å². The van der Waals surface area contributed by atoms with Crippen molar-refractivity contribution in [2.24, 2.45) is 0 Å². The summed E-state index contributed by atoms with van der Waals surface area (Å²) < 4.78 is 6.24. The van der Waals surface area contributed by atoms with Crippen molar-refractivity contribution >= 4 is 55.0 Å². The van der Waals surface area contributed by atoms with Crippen molar-refractivity contribution in [3.63, 3.8) is 0 Å². The minimum absolute atomic E-state index is 0.0504. The highest BCUT2D eigenvalue weighted by molar-refractivity contribution is 9.11. The number of non-ortho nitro benzene ring substituents is 1. The third-order valence-corrected chi connectivity index (χ3v) is 3.71. The van der Waals surface area contributed by atoms with Crippen molar-refractivity contribution in [1.29, 1.82) is 0 Å². The average Bonchev–Trinajstić information content (AvgIpc) is 2.38.